The Hall–Kier alpha value is -1.46. The van der Waals surface area contributed by atoms with Crippen LogP contribution < -0.4 is 5.32 Å². The number of rotatable bonds is 4. The van der Waals surface area contributed by atoms with Gasteiger partial charge in [0.05, 0.1) is 5.02 Å². The van der Waals surface area contributed by atoms with Crippen molar-refractivity contribution in [2.45, 2.75) is 32.7 Å². The van der Waals surface area contributed by atoms with Crippen LogP contribution in [0.2, 0.25) is 5.02 Å². The fourth-order valence-corrected chi connectivity index (χ4v) is 1.75. The van der Waals surface area contributed by atoms with Gasteiger partial charge in [-0.1, -0.05) is 16.8 Å². The van der Waals surface area contributed by atoms with Gasteiger partial charge in [0, 0.05) is 24.7 Å². The Labute approximate surface area is 117 Å². The molecule has 19 heavy (non-hydrogen) atoms. The van der Waals surface area contributed by atoms with E-state index in [0.29, 0.717) is 28.9 Å². The fraction of sp³-hybridized carbons (Fsp3) is 0.462. The zero-order chi connectivity index (χ0) is 13.9. The molecule has 2 heterocycles. The number of pyridine rings is 1. The van der Waals surface area contributed by atoms with Crippen molar-refractivity contribution >= 4 is 11.6 Å². The van der Waals surface area contributed by atoms with Crippen molar-refractivity contribution in [1.29, 1.82) is 0 Å². The second-order valence-electron chi connectivity index (χ2n) is 5.27. The molecular weight excluding hydrogens is 264 g/mol. The first-order valence-electron chi connectivity index (χ1n) is 6.14. The van der Waals surface area contributed by atoms with Crippen molar-refractivity contribution in [2.24, 2.45) is 0 Å². The topological polar surface area (TPSA) is 63.8 Å². The van der Waals surface area contributed by atoms with Crippen LogP contribution in [0.25, 0.3) is 11.5 Å². The summed E-state index contributed by atoms with van der Waals surface area (Å²) < 4.78 is 5.19. The smallest absolute Gasteiger partial charge is 0.228 e. The fourth-order valence-electron chi connectivity index (χ4n) is 1.55. The number of hydrogen-bond acceptors (Lipinski definition) is 5. The Morgan fingerprint density at radius 2 is 2.16 bits per heavy atom. The quantitative estimate of drug-likeness (QED) is 0.933. The molecule has 102 valence electrons. The third kappa shape index (κ3) is 4.01. The molecule has 6 heteroatoms. The molecule has 0 aromatic carbocycles. The number of halogens is 1. The molecule has 0 bridgehead atoms. The molecule has 0 saturated heterocycles. The predicted molar refractivity (Wildman–Crippen MR) is 74.0 cm³/mol. The predicted octanol–water partition coefficient (Wildman–Crippen LogP) is 2.72. The summed E-state index contributed by atoms with van der Waals surface area (Å²) in [6.45, 7) is 7.11. The molecule has 2 rings (SSSR count). The summed E-state index contributed by atoms with van der Waals surface area (Å²) >= 11 is 6.04. The molecule has 2 aromatic rings. The lowest BCUT2D eigenvalue weighted by atomic mass is 10.1. The first kappa shape index (κ1) is 14.0. The molecule has 0 spiro atoms. The summed E-state index contributed by atoms with van der Waals surface area (Å²) in [4.78, 5) is 8.45. The van der Waals surface area contributed by atoms with Crippen LogP contribution in [0.3, 0.4) is 0 Å². The van der Waals surface area contributed by atoms with Crippen LogP contribution in [0.15, 0.2) is 22.9 Å². The van der Waals surface area contributed by atoms with Gasteiger partial charge in [-0.2, -0.15) is 4.98 Å². The van der Waals surface area contributed by atoms with Gasteiger partial charge in [-0.3, -0.25) is 4.98 Å². The van der Waals surface area contributed by atoms with Crippen LogP contribution in [0.5, 0.6) is 0 Å². The number of nitrogens with zero attached hydrogens (tertiary/aromatic N) is 3. The largest absolute Gasteiger partial charge is 0.339 e. The summed E-state index contributed by atoms with van der Waals surface area (Å²) in [6.07, 6.45) is 2.33. The van der Waals surface area contributed by atoms with E-state index in [4.69, 9.17) is 16.1 Å². The summed E-state index contributed by atoms with van der Waals surface area (Å²) in [5, 5.41) is 7.78. The Kier molecular flexibility index (Phi) is 4.17. The lowest BCUT2D eigenvalue weighted by Gasteiger charge is -2.19. The maximum atomic E-state index is 6.04. The van der Waals surface area contributed by atoms with E-state index in [0.717, 1.165) is 6.54 Å². The van der Waals surface area contributed by atoms with Gasteiger partial charge in [-0.15, -0.1) is 0 Å². The summed E-state index contributed by atoms with van der Waals surface area (Å²) in [5.41, 5.74) is 0.621. The van der Waals surface area contributed by atoms with Gasteiger partial charge in [-0.25, -0.2) is 0 Å². The lowest BCUT2D eigenvalue weighted by Crippen LogP contribution is -2.37. The minimum absolute atomic E-state index is 0.0765. The molecular formula is C13H17ClN4O. The molecule has 0 unspecified atom stereocenters. The summed E-state index contributed by atoms with van der Waals surface area (Å²) in [7, 11) is 0. The third-order valence-corrected chi connectivity index (χ3v) is 2.74. The van der Waals surface area contributed by atoms with Crippen molar-refractivity contribution in [3.8, 4) is 11.5 Å². The van der Waals surface area contributed by atoms with Gasteiger partial charge in [0.25, 0.3) is 0 Å². The van der Waals surface area contributed by atoms with Gasteiger partial charge in [0.1, 0.15) is 5.69 Å². The molecule has 0 aliphatic carbocycles. The highest BCUT2D eigenvalue weighted by atomic mass is 35.5. The van der Waals surface area contributed by atoms with Crippen LogP contribution in [0, 0.1) is 0 Å². The standard InChI is InChI=1S/C13H17ClN4O/c1-13(2,3)16-8-6-10-17-12(18-19-10)11-9(14)5-4-7-15-11/h4-5,7,16H,6,8H2,1-3H3. The van der Waals surface area contributed by atoms with Gasteiger partial charge in [-0.05, 0) is 32.9 Å². The first-order valence-corrected chi connectivity index (χ1v) is 6.52. The molecule has 2 aromatic heterocycles. The first-order chi connectivity index (χ1) is 8.96. The van der Waals surface area contributed by atoms with Crippen LogP contribution >= 0.6 is 11.6 Å². The van der Waals surface area contributed by atoms with Crippen molar-refractivity contribution in [3.63, 3.8) is 0 Å². The molecule has 0 aliphatic heterocycles. The molecule has 5 nitrogen and oxygen atoms in total. The maximum Gasteiger partial charge on any atom is 0.228 e. The van der Waals surface area contributed by atoms with Gasteiger partial charge in [0.15, 0.2) is 0 Å². The molecule has 0 saturated carbocycles. The molecule has 0 fully saturated rings. The van der Waals surface area contributed by atoms with E-state index < -0.39 is 0 Å². The Morgan fingerprint density at radius 1 is 1.37 bits per heavy atom. The van der Waals surface area contributed by atoms with Crippen LogP contribution in [-0.4, -0.2) is 27.2 Å². The SMILES string of the molecule is CC(C)(C)NCCc1nc(-c2ncccc2Cl)no1. The zero-order valence-corrected chi connectivity index (χ0v) is 12.0. The van der Waals surface area contributed by atoms with E-state index in [1.807, 2.05) is 0 Å². The number of hydrogen-bond donors (Lipinski definition) is 1. The Morgan fingerprint density at radius 3 is 2.84 bits per heavy atom. The second-order valence-corrected chi connectivity index (χ2v) is 5.68. The van der Waals surface area contributed by atoms with Crippen molar-refractivity contribution in [3.05, 3.63) is 29.2 Å². The van der Waals surface area contributed by atoms with Crippen molar-refractivity contribution < 1.29 is 4.52 Å². The molecule has 1 N–H and O–H groups in total. The lowest BCUT2D eigenvalue weighted by molar-refractivity contribution is 0.362. The van der Waals surface area contributed by atoms with E-state index >= 15 is 0 Å². The highest BCUT2D eigenvalue weighted by Crippen LogP contribution is 2.22. The second kappa shape index (κ2) is 5.67. The van der Waals surface area contributed by atoms with Crippen LogP contribution in [0.1, 0.15) is 26.7 Å². The maximum absolute atomic E-state index is 6.04. The molecule has 0 atom stereocenters. The van der Waals surface area contributed by atoms with Crippen LogP contribution in [-0.2, 0) is 6.42 Å². The number of nitrogens with one attached hydrogen (secondary N) is 1. The summed E-state index contributed by atoms with van der Waals surface area (Å²) in [6, 6.07) is 3.52. The highest BCUT2D eigenvalue weighted by molar-refractivity contribution is 6.32. The highest BCUT2D eigenvalue weighted by Gasteiger charge is 2.14. The molecule has 0 radical (unpaired) electrons. The monoisotopic (exact) mass is 280 g/mol. The normalized spacial score (nSPS) is 11.8. The van der Waals surface area contributed by atoms with Crippen molar-refractivity contribution in [1.82, 2.24) is 20.4 Å². The summed E-state index contributed by atoms with van der Waals surface area (Å²) in [5.74, 6) is 1.00. The average molecular weight is 281 g/mol. The zero-order valence-electron chi connectivity index (χ0n) is 11.3. The molecule has 0 aliphatic rings. The third-order valence-electron chi connectivity index (χ3n) is 2.43. The van der Waals surface area contributed by atoms with Gasteiger partial charge < -0.3 is 9.84 Å². The minimum atomic E-state index is 0.0765. The van der Waals surface area contributed by atoms with Gasteiger partial charge in [0.2, 0.25) is 11.7 Å². The Bertz CT molecular complexity index is 548. The Balaban J connectivity index is 2.02. The average Bonchev–Trinajstić information content (AvgIpc) is 2.76. The van der Waals surface area contributed by atoms with E-state index in [9.17, 15) is 0 Å². The number of aromatic nitrogens is 3. The molecule has 0 amide bonds. The van der Waals surface area contributed by atoms with E-state index in [1.54, 1.807) is 18.3 Å². The van der Waals surface area contributed by atoms with E-state index in [-0.39, 0.29) is 5.54 Å². The van der Waals surface area contributed by atoms with Crippen LogP contribution in [0.4, 0.5) is 0 Å². The van der Waals surface area contributed by atoms with Gasteiger partial charge >= 0.3 is 0 Å². The van der Waals surface area contributed by atoms with E-state index in [2.05, 4.69) is 41.2 Å². The minimum Gasteiger partial charge on any atom is -0.339 e. The van der Waals surface area contributed by atoms with E-state index in [1.165, 1.54) is 0 Å². The van der Waals surface area contributed by atoms with Crippen molar-refractivity contribution in [2.75, 3.05) is 6.54 Å².